The Balaban J connectivity index is 1.66. The summed E-state index contributed by atoms with van der Waals surface area (Å²) < 4.78 is 0. The molecule has 0 saturated carbocycles. The molecule has 0 aliphatic carbocycles. The van der Waals surface area contributed by atoms with Crippen molar-refractivity contribution in [3.63, 3.8) is 0 Å². The third kappa shape index (κ3) is 3.31. The second-order valence-electron chi connectivity index (χ2n) is 5.63. The highest BCUT2D eigenvalue weighted by Crippen LogP contribution is 2.20. The fourth-order valence-electron chi connectivity index (χ4n) is 2.75. The Kier molecular flexibility index (Phi) is 4.02. The lowest BCUT2D eigenvalue weighted by Gasteiger charge is -2.15. The Morgan fingerprint density at radius 3 is 2.33 bits per heavy atom. The van der Waals surface area contributed by atoms with Gasteiger partial charge in [0.05, 0.1) is 6.42 Å². The van der Waals surface area contributed by atoms with Crippen LogP contribution in [0.1, 0.15) is 12.0 Å². The Labute approximate surface area is 125 Å². The molecule has 0 bridgehead atoms. The molecule has 1 fully saturated rings. The number of hydrogen-bond donors (Lipinski definition) is 1. The molecular weight excluding hydrogens is 260 g/mol. The van der Waals surface area contributed by atoms with Gasteiger partial charge in [-0.15, -0.1) is 0 Å². The number of benzene rings is 2. The Morgan fingerprint density at radius 2 is 1.71 bits per heavy atom. The van der Waals surface area contributed by atoms with Crippen molar-refractivity contribution in [3.8, 4) is 11.1 Å². The zero-order valence-corrected chi connectivity index (χ0v) is 12.0. The highest BCUT2D eigenvalue weighted by atomic mass is 16.2. The summed E-state index contributed by atoms with van der Waals surface area (Å²) in [6.45, 7) is 1.49. The van der Waals surface area contributed by atoms with E-state index in [1.807, 2.05) is 35.2 Å². The molecule has 2 N–H and O–H groups in total. The fourth-order valence-corrected chi connectivity index (χ4v) is 2.75. The lowest BCUT2D eigenvalue weighted by atomic mass is 10.0. The Morgan fingerprint density at radius 1 is 1.05 bits per heavy atom. The van der Waals surface area contributed by atoms with Gasteiger partial charge in [0.1, 0.15) is 0 Å². The lowest BCUT2D eigenvalue weighted by Crippen LogP contribution is -2.32. The summed E-state index contributed by atoms with van der Waals surface area (Å²) in [6, 6.07) is 18.6. The predicted octanol–water partition coefficient (Wildman–Crippen LogP) is 2.46. The molecule has 108 valence electrons. The maximum absolute atomic E-state index is 12.2. The van der Waals surface area contributed by atoms with Crippen molar-refractivity contribution in [2.24, 2.45) is 5.73 Å². The minimum absolute atomic E-state index is 0.148. The molecule has 1 saturated heterocycles. The van der Waals surface area contributed by atoms with Crippen molar-refractivity contribution in [1.82, 2.24) is 4.90 Å². The van der Waals surface area contributed by atoms with E-state index in [1.54, 1.807) is 0 Å². The van der Waals surface area contributed by atoms with Crippen LogP contribution in [-0.4, -0.2) is 29.9 Å². The van der Waals surface area contributed by atoms with Gasteiger partial charge in [-0.1, -0.05) is 54.6 Å². The molecule has 0 spiro atoms. The van der Waals surface area contributed by atoms with Gasteiger partial charge in [-0.3, -0.25) is 4.79 Å². The molecule has 3 rings (SSSR count). The monoisotopic (exact) mass is 280 g/mol. The molecule has 1 amide bonds. The van der Waals surface area contributed by atoms with Gasteiger partial charge in [-0.2, -0.15) is 0 Å². The van der Waals surface area contributed by atoms with Gasteiger partial charge in [0, 0.05) is 19.1 Å². The van der Waals surface area contributed by atoms with Gasteiger partial charge in [0.2, 0.25) is 5.91 Å². The van der Waals surface area contributed by atoms with Crippen molar-refractivity contribution in [2.75, 3.05) is 13.1 Å². The van der Waals surface area contributed by atoms with E-state index in [9.17, 15) is 4.79 Å². The summed E-state index contributed by atoms with van der Waals surface area (Å²) in [5, 5.41) is 0. The Hall–Kier alpha value is -2.13. The van der Waals surface area contributed by atoms with Crippen LogP contribution in [0.5, 0.6) is 0 Å². The largest absolute Gasteiger partial charge is 0.341 e. The molecule has 1 aliphatic rings. The van der Waals surface area contributed by atoms with Crippen molar-refractivity contribution in [2.45, 2.75) is 18.9 Å². The number of carbonyl (C=O) groups is 1. The highest BCUT2D eigenvalue weighted by Gasteiger charge is 2.23. The normalized spacial score (nSPS) is 18.0. The Bertz CT molecular complexity index is 607. The molecule has 1 heterocycles. The van der Waals surface area contributed by atoms with E-state index >= 15 is 0 Å². The molecule has 0 unspecified atom stereocenters. The van der Waals surface area contributed by atoms with Crippen molar-refractivity contribution in [3.05, 3.63) is 60.2 Å². The highest BCUT2D eigenvalue weighted by molar-refractivity contribution is 5.79. The van der Waals surface area contributed by atoms with Crippen LogP contribution in [0.2, 0.25) is 0 Å². The molecule has 21 heavy (non-hydrogen) atoms. The van der Waals surface area contributed by atoms with E-state index in [4.69, 9.17) is 5.73 Å². The van der Waals surface area contributed by atoms with Crippen LogP contribution in [-0.2, 0) is 11.2 Å². The van der Waals surface area contributed by atoms with Crippen molar-refractivity contribution in [1.29, 1.82) is 0 Å². The molecule has 3 heteroatoms. The third-order valence-electron chi connectivity index (χ3n) is 3.99. The first-order valence-corrected chi connectivity index (χ1v) is 7.40. The van der Waals surface area contributed by atoms with E-state index in [0.29, 0.717) is 13.0 Å². The SMILES string of the molecule is N[C@@H]1CCN(C(=O)Cc2ccc(-c3ccccc3)cc2)C1. The number of hydrogen-bond acceptors (Lipinski definition) is 2. The summed E-state index contributed by atoms with van der Waals surface area (Å²) in [5.74, 6) is 0.176. The molecule has 2 aromatic rings. The molecular formula is C18H20N2O. The summed E-state index contributed by atoms with van der Waals surface area (Å²) >= 11 is 0. The first kappa shape index (κ1) is 13.8. The number of likely N-dealkylation sites (tertiary alicyclic amines) is 1. The predicted molar refractivity (Wildman–Crippen MR) is 84.8 cm³/mol. The summed E-state index contributed by atoms with van der Waals surface area (Å²) in [5.41, 5.74) is 9.27. The van der Waals surface area contributed by atoms with Gasteiger partial charge >= 0.3 is 0 Å². The van der Waals surface area contributed by atoms with E-state index in [-0.39, 0.29) is 11.9 Å². The smallest absolute Gasteiger partial charge is 0.227 e. The minimum atomic E-state index is 0.148. The van der Waals surface area contributed by atoms with Crippen LogP contribution in [0.25, 0.3) is 11.1 Å². The van der Waals surface area contributed by atoms with E-state index < -0.39 is 0 Å². The second kappa shape index (κ2) is 6.10. The standard InChI is InChI=1S/C18H20N2O/c19-17-10-11-20(13-17)18(21)12-14-6-8-16(9-7-14)15-4-2-1-3-5-15/h1-9,17H,10-13,19H2/t17-/m1/s1. The number of nitrogens with two attached hydrogens (primary N) is 1. The lowest BCUT2D eigenvalue weighted by molar-refractivity contribution is -0.129. The van der Waals surface area contributed by atoms with Gasteiger partial charge in [-0.25, -0.2) is 0 Å². The van der Waals surface area contributed by atoms with Crippen LogP contribution < -0.4 is 5.73 Å². The van der Waals surface area contributed by atoms with Gasteiger partial charge in [0.25, 0.3) is 0 Å². The zero-order valence-electron chi connectivity index (χ0n) is 12.0. The second-order valence-corrected chi connectivity index (χ2v) is 5.63. The molecule has 1 atom stereocenters. The minimum Gasteiger partial charge on any atom is -0.341 e. The molecule has 2 aromatic carbocycles. The molecule has 1 aliphatic heterocycles. The van der Waals surface area contributed by atoms with Crippen LogP contribution in [0.4, 0.5) is 0 Å². The van der Waals surface area contributed by atoms with E-state index in [1.165, 1.54) is 11.1 Å². The average molecular weight is 280 g/mol. The third-order valence-corrected chi connectivity index (χ3v) is 3.99. The van der Waals surface area contributed by atoms with Gasteiger partial charge < -0.3 is 10.6 Å². The summed E-state index contributed by atoms with van der Waals surface area (Å²) in [4.78, 5) is 14.1. The number of rotatable bonds is 3. The van der Waals surface area contributed by atoms with Crippen LogP contribution in [0, 0.1) is 0 Å². The first-order chi connectivity index (χ1) is 10.2. The first-order valence-electron chi connectivity index (χ1n) is 7.40. The number of nitrogens with zero attached hydrogens (tertiary/aromatic N) is 1. The van der Waals surface area contributed by atoms with Gasteiger partial charge in [0.15, 0.2) is 0 Å². The van der Waals surface area contributed by atoms with Crippen LogP contribution in [0.15, 0.2) is 54.6 Å². The van der Waals surface area contributed by atoms with Crippen molar-refractivity contribution >= 4 is 5.91 Å². The fraction of sp³-hybridized carbons (Fsp3) is 0.278. The van der Waals surface area contributed by atoms with Crippen LogP contribution in [0.3, 0.4) is 0 Å². The quantitative estimate of drug-likeness (QED) is 0.938. The maximum Gasteiger partial charge on any atom is 0.227 e. The maximum atomic E-state index is 12.2. The summed E-state index contributed by atoms with van der Waals surface area (Å²) in [6.07, 6.45) is 1.38. The molecule has 0 aromatic heterocycles. The summed E-state index contributed by atoms with van der Waals surface area (Å²) in [7, 11) is 0. The topological polar surface area (TPSA) is 46.3 Å². The average Bonchev–Trinajstić information content (AvgIpc) is 2.96. The zero-order chi connectivity index (χ0) is 14.7. The van der Waals surface area contributed by atoms with E-state index in [2.05, 4.69) is 24.3 Å². The number of amides is 1. The van der Waals surface area contributed by atoms with Gasteiger partial charge in [-0.05, 0) is 23.1 Å². The molecule has 3 nitrogen and oxygen atoms in total. The number of carbonyl (C=O) groups excluding carboxylic acids is 1. The van der Waals surface area contributed by atoms with E-state index in [0.717, 1.165) is 18.5 Å². The van der Waals surface area contributed by atoms with Crippen LogP contribution >= 0.6 is 0 Å². The van der Waals surface area contributed by atoms with Crippen molar-refractivity contribution < 1.29 is 4.79 Å². The molecule has 0 radical (unpaired) electrons.